The lowest BCUT2D eigenvalue weighted by atomic mass is 10.2. The molecule has 3 N–H and O–H groups in total. The van der Waals surface area contributed by atoms with Gasteiger partial charge in [-0.3, -0.25) is 9.59 Å². The fourth-order valence-corrected chi connectivity index (χ4v) is 2.11. The zero-order chi connectivity index (χ0) is 18.4. The topological polar surface area (TPSA) is 96.0 Å². The SMILES string of the molecule is CCC(C)Nc1nc(C)cc(C(=O)Nc2ccc(NC(C)=O)cc2)n1. The zero-order valence-electron chi connectivity index (χ0n) is 14.9. The molecule has 0 aliphatic carbocycles. The molecule has 132 valence electrons. The number of aromatic nitrogens is 2. The Bertz CT molecular complexity index is 759. The van der Waals surface area contributed by atoms with Gasteiger partial charge in [-0.2, -0.15) is 0 Å². The van der Waals surface area contributed by atoms with E-state index in [9.17, 15) is 9.59 Å². The number of anilines is 3. The third-order valence-corrected chi connectivity index (χ3v) is 3.54. The summed E-state index contributed by atoms with van der Waals surface area (Å²) in [6, 6.07) is 8.74. The van der Waals surface area contributed by atoms with Crippen LogP contribution >= 0.6 is 0 Å². The number of nitrogens with one attached hydrogen (secondary N) is 3. The van der Waals surface area contributed by atoms with Gasteiger partial charge in [0, 0.05) is 30.0 Å². The van der Waals surface area contributed by atoms with E-state index in [1.165, 1.54) is 6.92 Å². The van der Waals surface area contributed by atoms with Gasteiger partial charge in [-0.1, -0.05) is 6.92 Å². The molecule has 2 amide bonds. The summed E-state index contributed by atoms with van der Waals surface area (Å²) in [6.07, 6.45) is 0.930. The van der Waals surface area contributed by atoms with Crippen LogP contribution in [-0.2, 0) is 4.79 Å². The quantitative estimate of drug-likeness (QED) is 0.750. The highest BCUT2D eigenvalue weighted by Crippen LogP contribution is 2.15. The van der Waals surface area contributed by atoms with Crippen molar-refractivity contribution in [3.05, 3.63) is 41.7 Å². The van der Waals surface area contributed by atoms with Crippen molar-refractivity contribution in [2.75, 3.05) is 16.0 Å². The molecule has 2 aromatic rings. The van der Waals surface area contributed by atoms with Crippen LogP contribution in [0.1, 0.15) is 43.4 Å². The van der Waals surface area contributed by atoms with E-state index in [0.29, 0.717) is 28.7 Å². The highest BCUT2D eigenvalue weighted by molar-refractivity contribution is 6.03. The second-order valence-electron chi connectivity index (χ2n) is 5.88. The van der Waals surface area contributed by atoms with Crippen molar-refractivity contribution >= 4 is 29.1 Å². The van der Waals surface area contributed by atoms with Crippen molar-refractivity contribution in [2.24, 2.45) is 0 Å². The van der Waals surface area contributed by atoms with Gasteiger partial charge >= 0.3 is 0 Å². The lowest BCUT2D eigenvalue weighted by molar-refractivity contribution is -0.114. The summed E-state index contributed by atoms with van der Waals surface area (Å²) in [5.74, 6) is -0.0138. The van der Waals surface area contributed by atoms with Crippen LogP contribution in [0.3, 0.4) is 0 Å². The molecular formula is C18H23N5O2. The number of nitrogens with zero attached hydrogens (tertiary/aromatic N) is 2. The predicted octanol–water partition coefficient (Wildman–Crippen LogP) is 3.21. The molecule has 1 aromatic carbocycles. The van der Waals surface area contributed by atoms with E-state index in [-0.39, 0.29) is 17.9 Å². The molecule has 1 atom stereocenters. The number of benzene rings is 1. The van der Waals surface area contributed by atoms with Crippen LogP contribution < -0.4 is 16.0 Å². The Morgan fingerprint density at radius 1 is 1.08 bits per heavy atom. The number of rotatable bonds is 6. The van der Waals surface area contributed by atoms with E-state index in [1.807, 2.05) is 13.8 Å². The third kappa shape index (κ3) is 5.56. The van der Waals surface area contributed by atoms with E-state index in [1.54, 1.807) is 30.3 Å². The van der Waals surface area contributed by atoms with E-state index in [4.69, 9.17) is 0 Å². The van der Waals surface area contributed by atoms with Crippen LogP contribution in [0.2, 0.25) is 0 Å². The van der Waals surface area contributed by atoms with E-state index >= 15 is 0 Å². The lowest BCUT2D eigenvalue weighted by Gasteiger charge is -2.13. The molecule has 7 heteroatoms. The first-order valence-corrected chi connectivity index (χ1v) is 8.18. The molecule has 25 heavy (non-hydrogen) atoms. The van der Waals surface area contributed by atoms with E-state index < -0.39 is 0 Å². The van der Waals surface area contributed by atoms with Gasteiger partial charge in [0.05, 0.1) is 0 Å². The van der Waals surface area contributed by atoms with Crippen molar-refractivity contribution in [3.63, 3.8) is 0 Å². The molecule has 0 radical (unpaired) electrons. The molecule has 1 heterocycles. The Kier molecular flexibility index (Phi) is 6.05. The normalized spacial score (nSPS) is 11.5. The first kappa shape index (κ1) is 18.4. The van der Waals surface area contributed by atoms with Gasteiger partial charge in [0.25, 0.3) is 5.91 Å². The minimum absolute atomic E-state index is 0.144. The minimum Gasteiger partial charge on any atom is -0.352 e. The fourth-order valence-electron chi connectivity index (χ4n) is 2.11. The number of amides is 2. The monoisotopic (exact) mass is 341 g/mol. The summed E-state index contributed by atoms with van der Waals surface area (Å²) >= 11 is 0. The number of carbonyl (C=O) groups excluding carboxylic acids is 2. The Hall–Kier alpha value is -2.96. The molecule has 1 aromatic heterocycles. The highest BCUT2D eigenvalue weighted by Gasteiger charge is 2.12. The van der Waals surface area contributed by atoms with Crippen molar-refractivity contribution in [1.82, 2.24) is 9.97 Å². The van der Waals surface area contributed by atoms with Gasteiger partial charge in [-0.25, -0.2) is 9.97 Å². The maximum Gasteiger partial charge on any atom is 0.274 e. The molecule has 1 unspecified atom stereocenters. The number of carbonyl (C=O) groups is 2. The van der Waals surface area contributed by atoms with Crippen LogP contribution in [0.15, 0.2) is 30.3 Å². The van der Waals surface area contributed by atoms with Crippen LogP contribution in [-0.4, -0.2) is 27.8 Å². The maximum atomic E-state index is 12.4. The van der Waals surface area contributed by atoms with E-state index in [0.717, 1.165) is 6.42 Å². The fraction of sp³-hybridized carbons (Fsp3) is 0.333. The predicted molar refractivity (Wildman–Crippen MR) is 98.8 cm³/mol. The van der Waals surface area contributed by atoms with Crippen molar-refractivity contribution in [1.29, 1.82) is 0 Å². The smallest absolute Gasteiger partial charge is 0.274 e. The molecule has 7 nitrogen and oxygen atoms in total. The van der Waals surface area contributed by atoms with Gasteiger partial charge in [0.1, 0.15) is 5.69 Å². The molecular weight excluding hydrogens is 318 g/mol. The second kappa shape index (κ2) is 8.23. The first-order chi connectivity index (χ1) is 11.9. The summed E-state index contributed by atoms with van der Waals surface area (Å²) in [5.41, 5.74) is 2.30. The average Bonchev–Trinajstić information content (AvgIpc) is 2.55. The van der Waals surface area contributed by atoms with Gasteiger partial charge in [0.15, 0.2) is 0 Å². The largest absolute Gasteiger partial charge is 0.352 e. The zero-order valence-corrected chi connectivity index (χ0v) is 14.9. The van der Waals surface area contributed by atoms with Crippen LogP contribution in [0.25, 0.3) is 0 Å². The molecule has 0 fully saturated rings. The number of hydrogen-bond donors (Lipinski definition) is 3. The van der Waals surface area contributed by atoms with Crippen LogP contribution in [0.5, 0.6) is 0 Å². The maximum absolute atomic E-state index is 12.4. The summed E-state index contributed by atoms with van der Waals surface area (Å²) in [5, 5.41) is 8.64. The third-order valence-electron chi connectivity index (χ3n) is 3.54. The minimum atomic E-state index is -0.315. The second-order valence-corrected chi connectivity index (χ2v) is 5.88. The summed E-state index contributed by atoms with van der Waals surface area (Å²) in [7, 11) is 0. The lowest BCUT2D eigenvalue weighted by Crippen LogP contribution is -2.19. The Balaban J connectivity index is 2.11. The molecule has 0 bridgehead atoms. The molecule has 0 spiro atoms. The van der Waals surface area contributed by atoms with Crippen LogP contribution in [0.4, 0.5) is 17.3 Å². The molecule has 0 saturated heterocycles. The molecule has 0 aliphatic heterocycles. The number of hydrogen-bond acceptors (Lipinski definition) is 5. The van der Waals surface area contributed by atoms with Gasteiger partial charge < -0.3 is 16.0 Å². The van der Waals surface area contributed by atoms with Crippen molar-refractivity contribution < 1.29 is 9.59 Å². The van der Waals surface area contributed by atoms with Gasteiger partial charge in [0.2, 0.25) is 11.9 Å². The number of aryl methyl sites for hydroxylation is 1. The molecule has 0 aliphatic rings. The standard InChI is InChI=1S/C18H23N5O2/c1-5-11(2)19-18-20-12(3)10-16(23-18)17(25)22-15-8-6-14(7-9-15)21-13(4)24/h6-11H,5H2,1-4H3,(H,21,24)(H,22,25)(H,19,20,23). The van der Waals surface area contributed by atoms with Crippen LogP contribution in [0, 0.1) is 6.92 Å². The first-order valence-electron chi connectivity index (χ1n) is 8.18. The van der Waals surface area contributed by atoms with Gasteiger partial charge in [-0.15, -0.1) is 0 Å². The highest BCUT2D eigenvalue weighted by atomic mass is 16.2. The molecule has 0 saturated carbocycles. The van der Waals surface area contributed by atoms with Crippen molar-refractivity contribution in [2.45, 2.75) is 40.2 Å². The summed E-state index contributed by atoms with van der Waals surface area (Å²) < 4.78 is 0. The van der Waals surface area contributed by atoms with Gasteiger partial charge in [-0.05, 0) is 50.6 Å². The Morgan fingerprint density at radius 3 is 2.24 bits per heavy atom. The average molecular weight is 341 g/mol. The Labute approximate surface area is 147 Å². The van der Waals surface area contributed by atoms with Crippen molar-refractivity contribution in [3.8, 4) is 0 Å². The molecule has 2 rings (SSSR count). The summed E-state index contributed by atoms with van der Waals surface area (Å²) in [6.45, 7) is 7.36. The Morgan fingerprint density at radius 2 is 1.68 bits per heavy atom. The van der Waals surface area contributed by atoms with E-state index in [2.05, 4.69) is 32.8 Å². The summed E-state index contributed by atoms with van der Waals surface area (Å²) in [4.78, 5) is 32.1.